The zero-order valence-corrected chi connectivity index (χ0v) is 18.7. The maximum absolute atomic E-state index is 12.8. The topological polar surface area (TPSA) is 84.4 Å². The molecular weight excluding hydrogens is 404 g/mol. The minimum Gasteiger partial charge on any atom is -0.494 e. The smallest absolute Gasteiger partial charge is 0.253 e. The normalized spacial score (nSPS) is 14.4. The average Bonchev–Trinajstić information content (AvgIpc) is 2.80. The van der Waals surface area contributed by atoms with E-state index in [9.17, 15) is 9.59 Å². The summed E-state index contributed by atoms with van der Waals surface area (Å²) in [6, 6.07) is 12.7. The second-order valence-corrected chi connectivity index (χ2v) is 8.10. The Labute approximate surface area is 187 Å². The first kappa shape index (κ1) is 21.7. The van der Waals surface area contributed by atoms with Crippen LogP contribution in [-0.2, 0) is 0 Å². The van der Waals surface area contributed by atoms with Crippen molar-refractivity contribution in [3.8, 4) is 5.75 Å². The molecule has 32 heavy (non-hydrogen) atoms. The van der Waals surface area contributed by atoms with Gasteiger partial charge in [-0.1, -0.05) is 0 Å². The van der Waals surface area contributed by atoms with Gasteiger partial charge in [-0.3, -0.25) is 9.59 Å². The monoisotopic (exact) mass is 432 g/mol. The molecule has 0 radical (unpaired) electrons. The molecule has 0 atom stereocenters. The minimum atomic E-state index is -0.122. The Morgan fingerprint density at radius 2 is 1.59 bits per heavy atom. The molecule has 1 N–H and O–H groups in total. The van der Waals surface area contributed by atoms with E-state index in [4.69, 9.17) is 4.74 Å². The molecule has 1 aliphatic heterocycles. The molecule has 1 aliphatic rings. The van der Waals surface area contributed by atoms with Gasteiger partial charge in [0.15, 0.2) is 0 Å². The van der Waals surface area contributed by atoms with Crippen LogP contribution in [0.2, 0.25) is 0 Å². The number of carbonyl (C=O) groups is 2. The molecule has 7 nitrogen and oxygen atoms in total. The number of amides is 2. The molecule has 1 saturated heterocycles. The highest BCUT2D eigenvalue weighted by Crippen LogP contribution is 2.19. The molecule has 0 bridgehead atoms. The third-order valence-electron chi connectivity index (χ3n) is 5.87. The van der Waals surface area contributed by atoms with E-state index in [1.807, 2.05) is 43.9 Å². The third-order valence-corrected chi connectivity index (χ3v) is 5.87. The molecule has 3 aromatic rings. The quantitative estimate of drug-likeness (QED) is 0.665. The number of rotatable bonds is 5. The third kappa shape index (κ3) is 4.72. The zero-order chi connectivity index (χ0) is 22.7. The van der Waals surface area contributed by atoms with Crippen LogP contribution in [0.25, 0.3) is 11.0 Å². The molecule has 7 heteroatoms. The van der Waals surface area contributed by atoms with Gasteiger partial charge in [-0.25, -0.2) is 9.97 Å². The second kappa shape index (κ2) is 9.34. The fraction of sp³-hybridized carbons (Fsp3) is 0.360. The number of nitrogens with zero attached hydrogens (tertiary/aromatic N) is 3. The van der Waals surface area contributed by atoms with Crippen molar-refractivity contribution in [2.75, 3.05) is 19.7 Å². The molecule has 1 fully saturated rings. The lowest BCUT2D eigenvalue weighted by molar-refractivity contribution is 0.0698. The number of aryl methyl sites for hydroxylation is 2. The number of fused-ring (bicyclic) bond motifs is 1. The van der Waals surface area contributed by atoms with Gasteiger partial charge in [-0.2, -0.15) is 0 Å². The molecule has 0 saturated carbocycles. The fourth-order valence-electron chi connectivity index (χ4n) is 3.91. The van der Waals surface area contributed by atoms with E-state index < -0.39 is 0 Å². The number of carbonyl (C=O) groups excluding carboxylic acids is 2. The molecule has 2 amide bonds. The first-order valence-corrected chi connectivity index (χ1v) is 11.0. The Morgan fingerprint density at radius 3 is 2.25 bits per heavy atom. The highest BCUT2D eigenvalue weighted by atomic mass is 16.5. The molecule has 4 rings (SSSR count). The predicted molar refractivity (Wildman–Crippen MR) is 123 cm³/mol. The first-order chi connectivity index (χ1) is 15.4. The van der Waals surface area contributed by atoms with Crippen molar-refractivity contribution in [3.05, 3.63) is 65.0 Å². The van der Waals surface area contributed by atoms with Gasteiger partial charge in [0.05, 0.1) is 29.0 Å². The van der Waals surface area contributed by atoms with Gasteiger partial charge in [0.1, 0.15) is 5.75 Å². The lowest BCUT2D eigenvalue weighted by atomic mass is 10.0. The number of piperidine rings is 1. The summed E-state index contributed by atoms with van der Waals surface area (Å²) in [6.07, 6.45) is 1.44. The summed E-state index contributed by atoms with van der Waals surface area (Å²) in [5.41, 5.74) is 4.48. The van der Waals surface area contributed by atoms with Crippen molar-refractivity contribution >= 4 is 22.8 Å². The number of aromatic nitrogens is 2. The number of hydrogen-bond donors (Lipinski definition) is 1. The van der Waals surface area contributed by atoms with Crippen molar-refractivity contribution in [3.63, 3.8) is 0 Å². The van der Waals surface area contributed by atoms with Crippen LogP contribution in [0, 0.1) is 13.8 Å². The highest BCUT2D eigenvalue weighted by molar-refractivity contribution is 5.97. The second-order valence-electron chi connectivity index (χ2n) is 8.10. The van der Waals surface area contributed by atoms with E-state index in [0.29, 0.717) is 30.8 Å². The Hall–Kier alpha value is -3.48. The van der Waals surface area contributed by atoms with E-state index in [1.165, 1.54) is 0 Å². The molecule has 166 valence electrons. The number of ether oxygens (including phenoxy) is 1. The van der Waals surface area contributed by atoms with E-state index in [2.05, 4.69) is 15.3 Å². The lowest BCUT2D eigenvalue weighted by Crippen LogP contribution is -2.46. The van der Waals surface area contributed by atoms with Crippen LogP contribution >= 0.6 is 0 Å². The summed E-state index contributed by atoms with van der Waals surface area (Å²) in [7, 11) is 0. The molecule has 2 heterocycles. The Kier molecular flexibility index (Phi) is 6.35. The van der Waals surface area contributed by atoms with Crippen molar-refractivity contribution in [1.29, 1.82) is 0 Å². The van der Waals surface area contributed by atoms with Crippen LogP contribution in [0.1, 0.15) is 51.9 Å². The summed E-state index contributed by atoms with van der Waals surface area (Å²) in [5.74, 6) is 0.648. The maximum Gasteiger partial charge on any atom is 0.253 e. The molecule has 0 spiro atoms. The predicted octanol–water partition coefficient (Wildman–Crippen LogP) is 3.68. The zero-order valence-electron chi connectivity index (χ0n) is 18.7. The Balaban J connectivity index is 1.34. The number of hydrogen-bond acceptors (Lipinski definition) is 5. The van der Waals surface area contributed by atoms with Gasteiger partial charge >= 0.3 is 0 Å². The van der Waals surface area contributed by atoms with E-state index in [1.54, 1.807) is 24.3 Å². The molecular formula is C25H28N4O3. The summed E-state index contributed by atoms with van der Waals surface area (Å²) in [6.45, 7) is 7.58. The van der Waals surface area contributed by atoms with Crippen LogP contribution in [0.15, 0.2) is 42.5 Å². The van der Waals surface area contributed by atoms with Gasteiger partial charge < -0.3 is 15.0 Å². The Bertz CT molecular complexity index is 1140. The van der Waals surface area contributed by atoms with E-state index >= 15 is 0 Å². The van der Waals surface area contributed by atoms with Crippen molar-refractivity contribution in [1.82, 2.24) is 20.2 Å². The van der Waals surface area contributed by atoms with Crippen LogP contribution in [0.3, 0.4) is 0 Å². The standard InChI is InChI=1S/C25H28N4O3/c1-4-32-21-8-5-18(6-9-21)25(31)29-13-11-20(12-14-29)28-24(30)19-7-10-22-23(15-19)27-17(3)16(2)26-22/h5-10,15,20H,4,11-14H2,1-3H3,(H,28,30). The SMILES string of the molecule is CCOc1ccc(C(=O)N2CCC(NC(=O)c3ccc4nc(C)c(C)nc4c3)CC2)cc1. The largest absolute Gasteiger partial charge is 0.494 e. The van der Waals surface area contributed by atoms with Gasteiger partial charge in [-0.05, 0) is 76.1 Å². The van der Waals surface area contributed by atoms with Gasteiger partial charge in [0.2, 0.25) is 0 Å². The van der Waals surface area contributed by atoms with Gasteiger partial charge in [-0.15, -0.1) is 0 Å². The number of benzene rings is 2. The summed E-state index contributed by atoms with van der Waals surface area (Å²) in [5, 5.41) is 3.10. The fourth-order valence-corrected chi connectivity index (χ4v) is 3.91. The van der Waals surface area contributed by atoms with E-state index in [0.717, 1.165) is 41.0 Å². The molecule has 0 unspecified atom stereocenters. The summed E-state index contributed by atoms with van der Waals surface area (Å²) >= 11 is 0. The summed E-state index contributed by atoms with van der Waals surface area (Å²) < 4.78 is 5.44. The average molecular weight is 433 g/mol. The van der Waals surface area contributed by atoms with Crippen molar-refractivity contribution < 1.29 is 14.3 Å². The molecule has 0 aliphatic carbocycles. The van der Waals surface area contributed by atoms with Crippen LogP contribution in [0.4, 0.5) is 0 Å². The van der Waals surface area contributed by atoms with Crippen molar-refractivity contribution in [2.45, 2.75) is 39.7 Å². The van der Waals surface area contributed by atoms with Crippen molar-refractivity contribution in [2.24, 2.45) is 0 Å². The van der Waals surface area contributed by atoms with Crippen LogP contribution < -0.4 is 10.1 Å². The van der Waals surface area contributed by atoms with Gasteiger partial charge in [0.25, 0.3) is 11.8 Å². The van der Waals surface area contributed by atoms with E-state index in [-0.39, 0.29) is 17.9 Å². The lowest BCUT2D eigenvalue weighted by Gasteiger charge is -2.32. The number of nitrogens with one attached hydrogen (secondary N) is 1. The highest BCUT2D eigenvalue weighted by Gasteiger charge is 2.25. The maximum atomic E-state index is 12.8. The molecule has 2 aromatic carbocycles. The summed E-state index contributed by atoms with van der Waals surface area (Å²) in [4.78, 5) is 36.5. The Morgan fingerprint density at radius 1 is 0.969 bits per heavy atom. The first-order valence-electron chi connectivity index (χ1n) is 11.0. The molecule has 1 aromatic heterocycles. The minimum absolute atomic E-state index is 0.0107. The van der Waals surface area contributed by atoms with Crippen LogP contribution in [0.5, 0.6) is 5.75 Å². The van der Waals surface area contributed by atoms with Gasteiger partial charge in [0, 0.05) is 30.3 Å². The number of likely N-dealkylation sites (tertiary alicyclic amines) is 1. The van der Waals surface area contributed by atoms with Crippen LogP contribution in [-0.4, -0.2) is 52.4 Å².